The van der Waals surface area contributed by atoms with Crippen LogP contribution in [0, 0.1) is 11.8 Å². The standard InChI is InChI=1S/C52H70N6O11S2/c1-4-65-49(62)53-36-41-20-21-42(41)37-54-50(63)66-32-34-70-71-35-33-67-51(64)57-26-24-55(25-27-57)46(59)22-23-47(60)69-39(2)38-68-40(3)48(61)56-28-30-58(31-29-56)52(43-14-8-5-9-15-43,44-16-10-6-11-17-44)45-18-12-7-13-19-45/h5-19,39-42H,4,20-38H2,1-3H3,(H,53,62)(H,54,63)/t39?,40?,41?,42-/m0/s1. The van der Waals surface area contributed by atoms with Crippen LogP contribution < -0.4 is 10.6 Å². The van der Waals surface area contributed by atoms with Gasteiger partial charge in [-0.25, -0.2) is 14.4 Å². The number of carbonyl (C=O) groups excluding carboxylic acids is 6. The first-order valence-corrected chi connectivity index (χ1v) is 27.2. The number of esters is 1. The van der Waals surface area contributed by atoms with Crippen LogP contribution in [0.25, 0.3) is 0 Å². The van der Waals surface area contributed by atoms with E-state index in [0.717, 1.165) is 29.5 Å². The van der Waals surface area contributed by atoms with Crippen LogP contribution >= 0.6 is 21.6 Å². The minimum absolute atomic E-state index is 0.0267. The number of rotatable bonds is 24. The Morgan fingerprint density at radius 2 is 1.10 bits per heavy atom. The highest BCUT2D eigenvalue weighted by atomic mass is 33.1. The molecule has 1 aliphatic carbocycles. The van der Waals surface area contributed by atoms with Gasteiger partial charge in [-0.15, -0.1) is 0 Å². The van der Waals surface area contributed by atoms with Crippen molar-refractivity contribution in [2.45, 2.75) is 64.2 Å². The highest BCUT2D eigenvalue weighted by Gasteiger charge is 2.44. The third-order valence-corrected chi connectivity index (χ3v) is 15.4. The number of amides is 5. The van der Waals surface area contributed by atoms with Crippen LogP contribution in [0.5, 0.6) is 0 Å². The third kappa shape index (κ3) is 16.0. The molecular weight excluding hydrogens is 949 g/mol. The van der Waals surface area contributed by atoms with E-state index in [1.54, 1.807) is 30.6 Å². The summed E-state index contributed by atoms with van der Waals surface area (Å²) in [5, 5.41) is 5.55. The van der Waals surface area contributed by atoms with E-state index in [0.29, 0.717) is 95.4 Å². The Bertz CT molecular complexity index is 2050. The molecule has 2 saturated heterocycles. The van der Waals surface area contributed by atoms with Crippen LogP contribution in [0.1, 0.15) is 63.1 Å². The molecule has 0 spiro atoms. The number of alkyl carbamates (subject to hydrolysis) is 2. The SMILES string of the molecule is CCOC(=O)NCC1CC[C@H]1CNC(=O)OCCSSCCOC(=O)N1CCN(C(=O)CCC(=O)OC(C)COC(C)C(=O)N2CCN(C(c3ccccc3)(c3ccccc3)c3ccccc3)CC2)CC1. The Labute approximate surface area is 425 Å². The lowest BCUT2D eigenvalue weighted by atomic mass is 9.73. The summed E-state index contributed by atoms with van der Waals surface area (Å²) in [5.74, 6) is 0.877. The van der Waals surface area contributed by atoms with Crippen LogP contribution in [0.4, 0.5) is 14.4 Å². The molecule has 4 atom stereocenters. The van der Waals surface area contributed by atoms with E-state index in [1.165, 1.54) is 21.6 Å². The number of hydrogen-bond donors (Lipinski definition) is 2. The first-order chi connectivity index (χ1) is 34.5. The second-order valence-electron chi connectivity index (χ2n) is 17.7. The maximum atomic E-state index is 13.7. The van der Waals surface area contributed by atoms with Gasteiger partial charge in [0.05, 0.1) is 25.2 Å². The summed E-state index contributed by atoms with van der Waals surface area (Å²) in [6.07, 6.45) is -0.862. The minimum atomic E-state index is -0.744. The normalized spacial score (nSPS) is 18.0. The molecule has 0 bridgehead atoms. The number of hydrogen-bond acceptors (Lipinski definition) is 14. The molecule has 17 nitrogen and oxygen atoms in total. The maximum Gasteiger partial charge on any atom is 0.409 e. The van der Waals surface area contributed by atoms with Gasteiger partial charge in [-0.05, 0) is 62.1 Å². The van der Waals surface area contributed by atoms with Gasteiger partial charge in [0.25, 0.3) is 5.91 Å². The first-order valence-electron chi connectivity index (χ1n) is 24.8. The summed E-state index contributed by atoms with van der Waals surface area (Å²) in [4.78, 5) is 83.1. The summed E-state index contributed by atoms with van der Waals surface area (Å²) < 4.78 is 27.0. The van der Waals surface area contributed by atoms with Crippen molar-refractivity contribution in [1.82, 2.24) is 30.2 Å². The molecule has 3 fully saturated rings. The van der Waals surface area contributed by atoms with Crippen LogP contribution in [0.3, 0.4) is 0 Å². The van der Waals surface area contributed by atoms with Crippen molar-refractivity contribution in [3.05, 3.63) is 108 Å². The molecule has 3 aromatic rings. The van der Waals surface area contributed by atoms with E-state index >= 15 is 0 Å². The number of nitrogens with one attached hydrogen (secondary N) is 2. The van der Waals surface area contributed by atoms with E-state index in [4.69, 9.17) is 23.7 Å². The molecule has 19 heteroatoms. The molecule has 386 valence electrons. The quantitative estimate of drug-likeness (QED) is 0.0330. The molecule has 5 amide bonds. The molecule has 3 aromatic carbocycles. The van der Waals surface area contributed by atoms with E-state index in [1.807, 2.05) is 23.1 Å². The Balaban J connectivity index is 0.798. The number of ether oxygens (including phenoxy) is 5. The minimum Gasteiger partial charge on any atom is -0.460 e. The Kier molecular flexibility index (Phi) is 22.0. The Morgan fingerprint density at radius 1 is 0.620 bits per heavy atom. The van der Waals surface area contributed by atoms with Crippen molar-refractivity contribution in [3.63, 3.8) is 0 Å². The van der Waals surface area contributed by atoms with E-state index < -0.39 is 42.0 Å². The van der Waals surface area contributed by atoms with Crippen molar-refractivity contribution in [1.29, 1.82) is 0 Å². The van der Waals surface area contributed by atoms with Crippen LogP contribution in [0.2, 0.25) is 0 Å². The molecule has 1 saturated carbocycles. The molecule has 3 unspecified atom stereocenters. The van der Waals surface area contributed by atoms with Crippen LogP contribution in [-0.4, -0.2) is 171 Å². The first kappa shape index (κ1) is 54.8. The van der Waals surface area contributed by atoms with Crippen molar-refractivity contribution in [2.24, 2.45) is 11.8 Å². The van der Waals surface area contributed by atoms with E-state index in [2.05, 4.69) is 88.3 Å². The van der Waals surface area contributed by atoms with Crippen LogP contribution in [0.15, 0.2) is 91.0 Å². The van der Waals surface area contributed by atoms with Crippen molar-refractivity contribution >= 4 is 57.7 Å². The fraction of sp³-hybridized carbons (Fsp3) is 0.538. The molecule has 6 rings (SSSR count). The fourth-order valence-corrected chi connectivity index (χ4v) is 10.8. The second-order valence-corrected chi connectivity index (χ2v) is 20.4. The average Bonchev–Trinajstić information content (AvgIpc) is 3.39. The molecule has 0 aromatic heterocycles. The number of carbonyl (C=O) groups is 6. The molecule has 71 heavy (non-hydrogen) atoms. The largest absolute Gasteiger partial charge is 0.460 e. The molecule has 2 aliphatic heterocycles. The van der Waals surface area contributed by atoms with Gasteiger partial charge in [0.1, 0.15) is 25.4 Å². The third-order valence-electron chi connectivity index (χ3n) is 13.1. The predicted molar refractivity (Wildman–Crippen MR) is 273 cm³/mol. The van der Waals surface area contributed by atoms with Crippen molar-refractivity contribution in [2.75, 3.05) is 103 Å². The van der Waals surface area contributed by atoms with Gasteiger partial charge in [-0.2, -0.15) is 0 Å². The van der Waals surface area contributed by atoms with E-state index in [-0.39, 0.29) is 44.5 Å². The molecule has 2 heterocycles. The maximum absolute atomic E-state index is 13.7. The zero-order chi connectivity index (χ0) is 50.4. The lowest BCUT2D eigenvalue weighted by molar-refractivity contribution is -0.157. The molecule has 2 N–H and O–H groups in total. The Morgan fingerprint density at radius 3 is 1.61 bits per heavy atom. The number of nitrogens with zero attached hydrogens (tertiary/aromatic N) is 4. The number of benzene rings is 3. The monoisotopic (exact) mass is 1020 g/mol. The van der Waals surface area contributed by atoms with Gasteiger partial charge in [-0.3, -0.25) is 19.3 Å². The Hall–Kier alpha value is -5.50. The average molecular weight is 1020 g/mol. The topological polar surface area (TPSA) is 186 Å². The smallest absolute Gasteiger partial charge is 0.409 e. The zero-order valence-corrected chi connectivity index (χ0v) is 42.8. The zero-order valence-electron chi connectivity index (χ0n) is 41.2. The number of piperazine rings is 2. The van der Waals surface area contributed by atoms with Gasteiger partial charge in [-0.1, -0.05) is 113 Å². The molecular formula is C52H70N6O11S2. The van der Waals surface area contributed by atoms with Crippen LogP contribution in [-0.2, 0) is 43.6 Å². The summed E-state index contributed by atoms with van der Waals surface area (Å²) in [6, 6.07) is 31.5. The molecule has 0 radical (unpaired) electrons. The lowest BCUT2D eigenvalue weighted by Gasteiger charge is -2.49. The van der Waals surface area contributed by atoms with Crippen molar-refractivity contribution < 1.29 is 52.5 Å². The van der Waals surface area contributed by atoms with Gasteiger partial charge < -0.3 is 49.0 Å². The van der Waals surface area contributed by atoms with Gasteiger partial charge in [0.15, 0.2) is 0 Å². The highest BCUT2D eigenvalue weighted by Crippen LogP contribution is 2.43. The van der Waals surface area contributed by atoms with Gasteiger partial charge in [0.2, 0.25) is 5.91 Å². The van der Waals surface area contributed by atoms with Crippen molar-refractivity contribution in [3.8, 4) is 0 Å². The lowest BCUT2D eigenvalue weighted by Crippen LogP contribution is -2.58. The van der Waals surface area contributed by atoms with Gasteiger partial charge >= 0.3 is 24.2 Å². The van der Waals surface area contributed by atoms with E-state index in [9.17, 15) is 28.8 Å². The highest BCUT2D eigenvalue weighted by molar-refractivity contribution is 8.76. The fourth-order valence-electron chi connectivity index (χ4n) is 9.16. The summed E-state index contributed by atoms with van der Waals surface area (Å²) in [7, 11) is 3.02. The summed E-state index contributed by atoms with van der Waals surface area (Å²) in [5.41, 5.74) is 2.91. The summed E-state index contributed by atoms with van der Waals surface area (Å²) in [6.45, 7) is 10.6. The van der Waals surface area contributed by atoms with Gasteiger partial charge in [0, 0.05) is 83.4 Å². The summed E-state index contributed by atoms with van der Waals surface area (Å²) >= 11 is 0. The second kappa shape index (κ2) is 28.5. The predicted octanol–water partition coefficient (Wildman–Crippen LogP) is 6.40. The molecule has 3 aliphatic rings.